The summed E-state index contributed by atoms with van der Waals surface area (Å²) < 4.78 is 5.21. The van der Waals surface area contributed by atoms with E-state index in [2.05, 4.69) is 20.5 Å². The molecule has 0 fully saturated rings. The van der Waals surface area contributed by atoms with Gasteiger partial charge in [0.15, 0.2) is 5.82 Å². The third-order valence-corrected chi connectivity index (χ3v) is 4.01. The lowest BCUT2D eigenvalue weighted by Gasteiger charge is -2.11. The first-order valence-electron chi connectivity index (χ1n) is 8.06. The number of anilines is 2. The zero-order chi connectivity index (χ0) is 17.9. The first-order chi connectivity index (χ1) is 12.7. The maximum absolute atomic E-state index is 9.64. The number of hydrogen-bond donors (Lipinski definition) is 2. The fourth-order valence-electron chi connectivity index (χ4n) is 2.75. The van der Waals surface area contributed by atoms with Gasteiger partial charge < -0.3 is 15.2 Å². The molecule has 0 amide bonds. The molecule has 26 heavy (non-hydrogen) atoms. The molecule has 2 heterocycles. The van der Waals surface area contributed by atoms with E-state index >= 15 is 0 Å². The van der Waals surface area contributed by atoms with Gasteiger partial charge in [0.2, 0.25) is 0 Å². The number of fused-ring (bicyclic) bond motifs is 1. The van der Waals surface area contributed by atoms with E-state index in [-0.39, 0.29) is 5.75 Å². The number of pyridine rings is 1. The molecule has 0 atom stereocenters. The van der Waals surface area contributed by atoms with Gasteiger partial charge in [-0.25, -0.2) is 0 Å². The Bertz CT molecular complexity index is 1060. The van der Waals surface area contributed by atoms with Crippen LogP contribution in [-0.2, 0) is 0 Å². The molecule has 0 unspecified atom stereocenters. The lowest BCUT2D eigenvalue weighted by Crippen LogP contribution is -2.00. The van der Waals surface area contributed by atoms with E-state index in [1.807, 2.05) is 42.5 Å². The Kier molecular flexibility index (Phi) is 4.07. The monoisotopic (exact) mass is 344 g/mol. The molecule has 2 aromatic heterocycles. The van der Waals surface area contributed by atoms with E-state index in [0.717, 1.165) is 22.4 Å². The van der Waals surface area contributed by atoms with Gasteiger partial charge in [0.25, 0.3) is 0 Å². The molecule has 2 N–H and O–H groups in total. The van der Waals surface area contributed by atoms with E-state index in [0.29, 0.717) is 17.0 Å². The zero-order valence-corrected chi connectivity index (χ0v) is 14.0. The smallest absolute Gasteiger partial charge is 0.179 e. The zero-order valence-electron chi connectivity index (χ0n) is 14.0. The highest BCUT2D eigenvalue weighted by Gasteiger charge is 2.12. The molecule has 128 valence electrons. The predicted octanol–water partition coefficient (Wildman–Crippen LogP) is 4.15. The third-order valence-electron chi connectivity index (χ3n) is 4.01. The normalized spacial score (nSPS) is 10.7. The Hall–Kier alpha value is -3.67. The van der Waals surface area contributed by atoms with Crippen LogP contribution in [0.4, 0.5) is 11.5 Å². The molecule has 0 aliphatic heterocycles. The molecule has 0 aliphatic carbocycles. The molecule has 4 rings (SSSR count). The summed E-state index contributed by atoms with van der Waals surface area (Å²) in [6.45, 7) is 0. The van der Waals surface area contributed by atoms with Crippen molar-refractivity contribution in [2.45, 2.75) is 0 Å². The van der Waals surface area contributed by atoms with Crippen molar-refractivity contribution in [1.82, 2.24) is 15.2 Å². The Labute approximate surface area is 150 Å². The highest BCUT2D eigenvalue weighted by atomic mass is 16.5. The average Bonchev–Trinajstić information content (AvgIpc) is 2.68. The van der Waals surface area contributed by atoms with Crippen LogP contribution in [0.5, 0.6) is 11.5 Å². The molecular weight excluding hydrogens is 328 g/mol. The summed E-state index contributed by atoms with van der Waals surface area (Å²) in [5.74, 6) is 1.49. The minimum atomic E-state index is 0.176. The maximum Gasteiger partial charge on any atom is 0.179 e. The first kappa shape index (κ1) is 15.8. The van der Waals surface area contributed by atoms with Crippen LogP contribution < -0.4 is 10.1 Å². The second-order valence-electron chi connectivity index (χ2n) is 5.70. The molecule has 6 heteroatoms. The number of rotatable bonds is 4. The van der Waals surface area contributed by atoms with Gasteiger partial charge in [-0.1, -0.05) is 6.07 Å². The molecule has 6 nitrogen and oxygen atoms in total. The van der Waals surface area contributed by atoms with Crippen molar-refractivity contribution in [3.8, 4) is 22.8 Å². The molecule has 4 aromatic rings. The fraction of sp³-hybridized carbons (Fsp3) is 0.0500. The fourth-order valence-corrected chi connectivity index (χ4v) is 2.75. The highest BCUT2D eigenvalue weighted by Crippen LogP contribution is 2.30. The van der Waals surface area contributed by atoms with Crippen molar-refractivity contribution < 1.29 is 9.84 Å². The van der Waals surface area contributed by atoms with E-state index in [4.69, 9.17) is 4.74 Å². The molecular formula is C20H16N4O2. The molecule has 0 radical (unpaired) electrons. The third kappa shape index (κ3) is 3.00. The number of aromatic hydroxyl groups is 1. The number of hydrogen-bond acceptors (Lipinski definition) is 6. The van der Waals surface area contributed by atoms with Gasteiger partial charge in [-0.05, 0) is 48.5 Å². The summed E-state index contributed by atoms with van der Waals surface area (Å²) in [6.07, 6.45) is 1.72. The number of aromatic nitrogens is 3. The molecule has 0 saturated heterocycles. The Morgan fingerprint density at radius 1 is 0.962 bits per heavy atom. The summed E-state index contributed by atoms with van der Waals surface area (Å²) in [5, 5.41) is 22.4. The summed E-state index contributed by atoms with van der Waals surface area (Å²) in [6, 6.07) is 18.3. The molecule has 0 saturated carbocycles. The average molecular weight is 344 g/mol. The topological polar surface area (TPSA) is 80.2 Å². The van der Waals surface area contributed by atoms with Gasteiger partial charge in [-0.2, -0.15) is 0 Å². The van der Waals surface area contributed by atoms with Crippen LogP contribution in [0.25, 0.3) is 22.2 Å². The number of phenolic OH excluding ortho intramolecular Hbond substituents is 1. The maximum atomic E-state index is 9.64. The number of ether oxygens (including phenoxy) is 1. The summed E-state index contributed by atoms with van der Waals surface area (Å²) >= 11 is 0. The van der Waals surface area contributed by atoms with Gasteiger partial charge in [0.05, 0.1) is 7.11 Å². The van der Waals surface area contributed by atoms with Crippen LogP contribution in [0.15, 0.2) is 66.9 Å². The van der Waals surface area contributed by atoms with Crippen molar-refractivity contribution in [2.24, 2.45) is 0 Å². The van der Waals surface area contributed by atoms with Crippen molar-refractivity contribution in [3.05, 3.63) is 66.9 Å². The Morgan fingerprint density at radius 3 is 2.58 bits per heavy atom. The largest absolute Gasteiger partial charge is 0.508 e. The summed E-state index contributed by atoms with van der Waals surface area (Å²) in [4.78, 5) is 4.47. The quantitative estimate of drug-likeness (QED) is 0.579. The van der Waals surface area contributed by atoms with E-state index in [9.17, 15) is 5.11 Å². The van der Waals surface area contributed by atoms with Gasteiger partial charge in [0, 0.05) is 28.9 Å². The van der Waals surface area contributed by atoms with Crippen molar-refractivity contribution in [1.29, 1.82) is 0 Å². The van der Waals surface area contributed by atoms with Crippen LogP contribution in [0.1, 0.15) is 0 Å². The molecule has 0 aliphatic rings. The Balaban J connectivity index is 1.80. The van der Waals surface area contributed by atoms with Crippen LogP contribution in [0.2, 0.25) is 0 Å². The summed E-state index contributed by atoms with van der Waals surface area (Å²) in [5.41, 5.74) is 3.09. The molecule has 2 aromatic carbocycles. The number of methoxy groups -OCH3 is 1. The molecule has 0 spiro atoms. The Morgan fingerprint density at radius 2 is 1.81 bits per heavy atom. The minimum Gasteiger partial charge on any atom is -0.508 e. The number of nitrogens with zero attached hydrogens (tertiary/aromatic N) is 3. The van der Waals surface area contributed by atoms with Crippen molar-refractivity contribution in [2.75, 3.05) is 12.4 Å². The van der Waals surface area contributed by atoms with Gasteiger partial charge in [-0.15, -0.1) is 10.2 Å². The summed E-state index contributed by atoms with van der Waals surface area (Å²) in [7, 11) is 1.63. The number of phenols is 1. The first-order valence-corrected chi connectivity index (χ1v) is 8.06. The second-order valence-corrected chi connectivity index (χ2v) is 5.70. The van der Waals surface area contributed by atoms with Crippen LogP contribution in [0, 0.1) is 0 Å². The van der Waals surface area contributed by atoms with E-state index < -0.39 is 0 Å². The molecule has 0 bridgehead atoms. The van der Waals surface area contributed by atoms with Crippen LogP contribution in [-0.4, -0.2) is 27.4 Å². The highest BCUT2D eigenvalue weighted by molar-refractivity contribution is 5.98. The standard InChI is InChI=1S/C20H16N4O2/c1-26-16-9-7-13(8-10-16)18-17-6-3-11-21-19(17)20(24-23-18)22-14-4-2-5-15(25)12-14/h2-12,25H,1H3,(H,22,24). The van der Waals surface area contributed by atoms with Gasteiger partial charge in [0.1, 0.15) is 22.7 Å². The van der Waals surface area contributed by atoms with Gasteiger partial charge >= 0.3 is 0 Å². The van der Waals surface area contributed by atoms with Crippen molar-refractivity contribution >= 4 is 22.4 Å². The van der Waals surface area contributed by atoms with E-state index in [1.165, 1.54) is 0 Å². The van der Waals surface area contributed by atoms with Crippen LogP contribution >= 0.6 is 0 Å². The number of benzene rings is 2. The van der Waals surface area contributed by atoms with E-state index in [1.54, 1.807) is 31.5 Å². The lowest BCUT2D eigenvalue weighted by atomic mass is 10.1. The lowest BCUT2D eigenvalue weighted by molar-refractivity contribution is 0.415. The number of nitrogens with one attached hydrogen (secondary N) is 1. The van der Waals surface area contributed by atoms with Crippen LogP contribution in [0.3, 0.4) is 0 Å². The van der Waals surface area contributed by atoms with Crippen molar-refractivity contribution in [3.63, 3.8) is 0 Å². The van der Waals surface area contributed by atoms with Gasteiger partial charge in [-0.3, -0.25) is 4.98 Å². The SMILES string of the molecule is COc1ccc(-c2nnc(Nc3cccc(O)c3)c3ncccc23)cc1. The predicted molar refractivity (Wildman–Crippen MR) is 101 cm³/mol. The minimum absolute atomic E-state index is 0.176. The second kappa shape index (κ2) is 6.68.